The van der Waals surface area contributed by atoms with Gasteiger partial charge in [0.05, 0.1) is 29.5 Å². The number of aromatic nitrogens is 3. The monoisotopic (exact) mass is 339 g/mol. The van der Waals surface area contributed by atoms with E-state index in [2.05, 4.69) is 26.0 Å². The number of nitrogens with zero attached hydrogens (tertiary/aromatic N) is 3. The minimum atomic E-state index is -0.735. The van der Waals surface area contributed by atoms with E-state index in [0.29, 0.717) is 13.2 Å². The Morgan fingerprint density at radius 3 is 2.95 bits per heavy atom. The van der Waals surface area contributed by atoms with Gasteiger partial charge < -0.3 is 9.84 Å². The molecule has 0 spiro atoms. The fourth-order valence-electron chi connectivity index (χ4n) is 2.15. The first kappa shape index (κ1) is 15.2. The van der Waals surface area contributed by atoms with Crippen LogP contribution >= 0.6 is 15.9 Å². The first-order valence-corrected chi connectivity index (χ1v) is 7.29. The number of aryl methyl sites for hydroxylation is 1. The Balaban J connectivity index is 2.37. The van der Waals surface area contributed by atoms with Gasteiger partial charge in [-0.05, 0) is 39.5 Å². The lowest BCUT2D eigenvalue weighted by molar-refractivity contribution is 0.170. The molecular weight excluding hydrogens is 322 g/mol. The molecule has 1 N–H and O–H groups in total. The van der Waals surface area contributed by atoms with Crippen molar-refractivity contribution in [2.75, 3.05) is 13.7 Å². The Kier molecular flexibility index (Phi) is 5.28. The summed E-state index contributed by atoms with van der Waals surface area (Å²) in [5.74, 6) is 0. The molecule has 0 amide bonds. The Bertz CT molecular complexity index is 571. The maximum atomic E-state index is 10.7. The normalized spacial score (nSPS) is 12.6. The molecule has 108 valence electrons. The van der Waals surface area contributed by atoms with E-state index >= 15 is 0 Å². The van der Waals surface area contributed by atoms with Gasteiger partial charge in [0.15, 0.2) is 0 Å². The average molecular weight is 340 g/mol. The van der Waals surface area contributed by atoms with E-state index in [9.17, 15) is 5.11 Å². The maximum Gasteiger partial charge on any atom is 0.122 e. The molecule has 0 aliphatic heterocycles. The molecule has 2 aromatic heterocycles. The Morgan fingerprint density at radius 1 is 1.45 bits per heavy atom. The lowest BCUT2D eigenvalue weighted by Gasteiger charge is -2.17. The minimum Gasteiger partial charge on any atom is -0.383 e. The summed E-state index contributed by atoms with van der Waals surface area (Å²) in [6, 6.07) is 1.85. The zero-order chi connectivity index (χ0) is 14.5. The number of hydrogen-bond donors (Lipinski definition) is 1. The second kappa shape index (κ2) is 6.97. The lowest BCUT2D eigenvalue weighted by Crippen LogP contribution is -2.14. The molecule has 0 bridgehead atoms. The Labute approximate surface area is 126 Å². The van der Waals surface area contributed by atoms with Crippen LogP contribution in [-0.4, -0.2) is 33.6 Å². The number of hydrogen-bond acceptors (Lipinski definition) is 4. The van der Waals surface area contributed by atoms with Crippen molar-refractivity contribution in [3.63, 3.8) is 0 Å². The molecule has 1 atom stereocenters. The van der Waals surface area contributed by atoms with Gasteiger partial charge in [0.1, 0.15) is 6.10 Å². The van der Waals surface area contributed by atoms with Crippen LogP contribution in [0.5, 0.6) is 0 Å². The van der Waals surface area contributed by atoms with Crippen molar-refractivity contribution in [1.82, 2.24) is 14.8 Å². The van der Waals surface area contributed by atoms with Crippen molar-refractivity contribution in [2.45, 2.75) is 26.0 Å². The number of aliphatic hydroxyl groups is 1. The predicted molar refractivity (Wildman–Crippen MR) is 79.5 cm³/mol. The molecule has 0 radical (unpaired) electrons. The molecule has 2 heterocycles. The van der Waals surface area contributed by atoms with E-state index in [1.54, 1.807) is 30.4 Å². The Hall–Kier alpha value is -1.24. The van der Waals surface area contributed by atoms with Crippen LogP contribution in [-0.2, 0) is 17.7 Å². The third-order valence-electron chi connectivity index (χ3n) is 3.22. The van der Waals surface area contributed by atoms with Gasteiger partial charge in [0.25, 0.3) is 0 Å². The van der Waals surface area contributed by atoms with E-state index in [1.807, 2.05) is 13.0 Å². The summed E-state index contributed by atoms with van der Waals surface area (Å²) in [6.07, 6.45) is 5.27. The third-order valence-corrected chi connectivity index (χ3v) is 3.83. The second-order valence-corrected chi connectivity index (χ2v) is 5.28. The fraction of sp³-hybridized carbons (Fsp3) is 0.429. The maximum absolute atomic E-state index is 10.7. The smallest absolute Gasteiger partial charge is 0.122 e. The van der Waals surface area contributed by atoms with Crippen LogP contribution in [0.4, 0.5) is 0 Å². The molecule has 0 saturated carbocycles. The van der Waals surface area contributed by atoms with Crippen LogP contribution in [0.15, 0.2) is 29.1 Å². The third kappa shape index (κ3) is 3.08. The molecule has 1 unspecified atom stereocenters. The number of pyridine rings is 1. The summed E-state index contributed by atoms with van der Waals surface area (Å²) in [5.41, 5.74) is 2.64. The van der Waals surface area contributed by atoms with Gasteiger partial charge in [-0.3, -0.25) is 9.67 Å². The lowest BCUT2D eigenvalue weighted by atomic mass is 10.0. The van der Waals surface area contributed by atoms with Crippen LogP contribution in [0.2, 0.25) is 0 Å². The number of ether oxygens (including phenoxy) is 1. The first-order valence-electron chi connectivity index (χ1n) is 6.50. The van der Waals surface area contributed by atoms with Crippen LogP contribution in [0, 0.1) is 0 Å². The van der Waals surface area contributed by atoms with Crippen molar-refractivity contribution in [3.05, 3.63) is 46.0 Å². The molecule has 2 rings (SSSR count). The molecule has 0 aliphatic rings. The highest BCUT2D eigenvalue weighted by molar-refractivity contribution is 9.10. The first-order chi connectivity index (χ1) is 9.69. The quantitative estimate of drug-likeness (QED) is 0.877. The van der Waals surface area contributed by atoms with Crippen molar-refractivity contribution >= 4 is 15.9 Å². The average Bonchev–Trinajstić information content (AvgIpc) is 2.85. The minimum absolute atomic E-state index is 0.546. The SMILES string of the molecule is CCc1cnccc1C(O)c1c(Br)cnn1CCOC. The van der Waals surface area contributed by atoms with E-state index in [-0.39, 0.29) is 0 Å². The summed E-state index contributed by atoms with van der Waals surface area (Å²) in [6.45, 7) is 3.19. The molecule has 0 aliphatic carbocycles. The van der Waals surface area contributed by atoms with Gasteiger partial charge in [-0.1, -0.05) is 6.92 Å². The number of halogens is 1. The summed E-state index contributed by atoms with van der Waals surface area (Å²) in [7, 11) is 1.65. The van der Waals surface area contributed by atoms with E-state index in [1.165, 1.54) is 0 Å². The molecule has 6 heteroatoms. The van der Waals surface area contributed by atoms with Crippen molar-refractivity contribution < 1.29 is 9.84 Å². The highest BCUT2D eigenvalue weighted by atomic mass is 79.9. The Morgan fingerprint density at radius 2 is 2.25 bits per heavy atom. The van der Waals surface area contributed by atoms with Gasteiger partial charge in [0.2, 0.25) is 0 Å². The highest BCUT2D eigenvalue weighted by Crippen LogP contribution is 2.30. The summed E-state index contributed by atoms with van der Waals surface area (Å²) < 4.78 is 7.63. The fourth-order valence-corrected chi connectivity index (χ4v) is 2.66. The predicted octanol–water partition coefficient (Wildman–Crippen LogP) is 2.33. The van der Waals surface area contributed by atoms with Crippen molar-refractivity contribution in [3.8, 4) is 0 Å². The van der Waals surface area contributed by atoms with Gasteiger partial charge in [-0.25, -0.2) is 0 Å². The van der Waals surface area contributed by atoms with Crippen LogP contribution in [0.25, 0.3) is 0 Å². The standard InChI is InChI=1S/C14H18BrN3O2/c1-3-10-8-16-5-4-11(10)14(19)13-12(15)9-17-18(13)6-7-20-2/h4-5,8-9,14,19H,3,6-7H2,1-2H3. The van der Waals surface area contributed by atoms with Crippen molar-refractivity contribution in [2.24, 2.45) is 0 Å². The van der Waals surface area contributed by atoms with Gasteiger partial charge in [-0.15, -0.1) is 0 Å². The number of methoxy groups -OCH3 is 1. The number of aliphatic hydroxyl groups excluding tert-OH is 1. The van der Waals surface area contributed by atoms with E-state index < -0.39 is 6.10 Å². The highest BCUT2D eigenvalue weighted by Gasteiger charge is 2.21. The zero-order valence-electron chi connectivity index (χ0n) is 11.6. The molecule has 2 aromatic rings. The van der Waals surface area contributed by atoms with Crippen LogP contribution < -0.4 is 0 Å². The van der Waals surface area contributed by atoms with E-state index in [0.717, 1.165) is 27.7 Å². The molecule has 20 heavy (non-hydrogen) atoms. The van der Waals surface area contributed by atoms with Gasteiger partial charge in [0, 0.05) is 19.5 Å². The largest absolute Gasteiger partial charge is 0.383 e. The van der Waals surface area contributed by atoms with Gasteiger partial charge >= 0.3 is 0 Å². The molecule has 0 saturated heterocycles. The molecule has 0 fully saturated rings. The van der Waals surface area contributed by atoms with Crippen LogP contribution in [0.3, 0.4) is 0 Å². The van der Waals surface area contributed by atoms with E-state index in [4.69, 9.17) is 4.74 Å². The molecular formula is C14H18BrN3O2. The van der Waals surface area contributed by atoms with Gasteiger partial charge in [-0.2, -0.15) is 5.10 Å². The summed E-state index contributed by atoms with van der Waals surface area (Å²) >= 11 is 3.45. The molecule has 5 nitrogen and oxygen atoms in total. The zero-order valence-corrected chi connectivity index (χ0v) is 13.2. The summed E-state index contributed by atoms with van der Waals surface area (Å²) in [4.78, 5) is 4.11. The molecule has 0 aromatic carbocycles. The van der Waals surface area contributed by atoms with Crippen LogP contribution in [0.1, 0.15) is 29.8 Å². The topological polar surface area (TPSA) is 60.2 Å². The van der Waals surface area contributed by atoms with Crippen molar-refractivity contribution in [1.29, 1.82) is 0 Å². The second-order valence-electron chi connectivity index (χ2n) is 4.42. The number of rotatable bonds is 6. The summed E-state index contributed by atoms with van der Waals surface area (Å²) in [5, 5.41) is 15.0.